The SMILES string of the molecule is C1=Cc2sc3ccc4c(ccc5sc6cc(-c7ccc(-c8c9ccccc9c(-c9cccc%10ccccc9%10)c9ccccc89)c8ccccc78)ccc6c54)c3c2CC1. The van der Waals surface area contributed by atoms with Crippen LogP contribution in [0.25, 0.3) is 124 Å². The molecule has 1 aliphatic rings. The number of benzene rings is 10. The summed E-state index contributed by atoms with van der Waals surface area (Å²) < 4.78 is 4.10. The standard InChI is InChI=1S/C56H34S2/c1-2-14-35-33(12-1)13-11-22-39(35)53-40-17-5-7-19-42(40)54(43-20-8-6-18-41(43)53)44-27-26-36(37-15-3-4-16-38(37)44)34-24-25-48-52(32-34)58-51-31-29-45-46(56(48)51)28-30-50-55(45)47-21-9-10-23-49(47)57-50/h1-8,10-20,22-32H,9,21H2. The molecule has 58 heavy (non-hydrogen) atoms. The highest BCUT2D eigenvalue weighted by Crippen LogP contribution is 2.49. The third-order valence-electron chi connectivity index (χ3n) is 12.7. The van der Waals surface area contributed by atoms with E-state index in [1.807, 2.05) is 22.7 Å². The molecule has 0 unspecified atom stereocenters. The van der Waals surface area contributed by atoms with Crippen LogP contribution in [-0.4, -0.2) is 0 Å². The minimum absolute atomic E-state index is 1.13. The van der Waals surface area contributed by atoms with E-state index in [4.69, 9.17) is 0 Å². The van der Waals surface area contributed by atoms with Crippen molar-refractivity contribution in [2.24, 2.45) is 0 Å². The van der Waals surface area contributed by atoms with Crippen LogP contribution in [0.3, 0.4) is 0 Å². The molecule has 2 heteroatoms. The van der Waals surface area contributed by atoms with Crippen LogP contribution in [-0.2, 0) is 6.42 Å². The average molecular weight is 771 g/mol. The fraction of sp³-hybridized carbons (Fsp3) is 0.0357. The molecule has 270 valence electrons. The number of thiophene rings is 2. The zero-order valence-corrected chi connectivity index (χ0v) is 33.2. The van der Waals surface area contributed by atoms with E-state index in [0.717, 1.165) is 12.8 Å². The van der Waals surface area contributed by atoms with E-state index < -0.39 is 0 Å². The maximum atomic E-state index is 2.44. The summed E-state index contributed by atoms with van der Waals surface area (Å²) in [6.45, 7) is 0. The van der Waals surface area contributed by atoms with E-state index in [1.165, 1.54) is 128 Å². The Labute approximate surface area is 343 Å². The zero-order chi connectivity index (χ0) is 37.9. The minimum Gasteiger partial charge on any atom is -0.136 e. The van der Waals surface area contributed by atoms with E-state index in [9.17, 15) is 0 Å². The first-order chi connectivity index (χ1) is 28.8. The maximum absolute atomic E-state index is 2.44. The van der Waals surface area contributed by atoms with Crippen molar-refractivity contribution >= 4 is 113 Å². The Kier molecular flexibility index (Phi) is 6.98. The van der Waals surface area contributed by atoms with Crippen LogP contribution < -0.4 is 0 Å². The highest BCUT2D eigenvalue weighted by Gasteiger charge is 2.21. The Balaban J connectivity index is 1.01. The van der Waals surface area contributed by atoms with Gasteiger partial charge in [-0.1, -0.05) is 158 Å². The summed E-state index contributed by atoms with van der Waals surface area (Å²) in [4.78, 5) is 1.44. The van der Waals surface area contributed by atoms with Crippen molar-refractivity contribution in [2.45, 2.75) is 12.8 Å². The van der Waals surface area contributed by atoms with Crippen LogP contribution >= 0.6 is 22.7 Å². The Morgan fingerprint density at radius 1 is 0.362 bits per heavy atom. The lowest BCUT2D eigenvalue weighted by atomic mass is 9.83. The van der Waals surface area contributed by atoms with Crippen molar-refractivity contribution in [1.82, 2.24) is 0 Å². The van der Waals surface area contributed by atoms with Gasteiger partial charge in [0.05, 0.1) is 0 Å². The summed E-state index contributed by atoms with van der Waals surface area (Å²) in [7, 11) is 0. The highest BCUT2D eigenvalue weighted by molar-refractivity contribution is 7.26. The summed E-state index contributed by atoms with van der Waals surface area (Å²) in [6.07, 6.45) is 6.92. The molecule has 0 radical (unpaired) electrons. The summed E-state index contributed by atoms with van der Waals surface area (Å²) in [5.74, 6) is 0. The fourth-order valence-corrected chi connectivity index (χ4v) is 12.6. The lowest BCUT2D eigenvalue weighted by molar-refractivity contribution is 1.01. The quantitative estimate of drug-likeness (QED) is 0.157. The topological polar surface area (TPSA) is 0 Å². The van der Waals surface area contributed by atoms with Crippen molar-refractivity contribution in [2.75, 3.05) is 0 Å². The van der Waals surface area contributed by atoms with Crippen molar-refractivity contribution in [3.05, 3.63) is 186 Å². The predicted octanol–water partition coefficient (Wildman–Crippen LogP) is 17.0. The van der Waals surface area contributed by atoms with Gasteiger partial charge in [-0.05, 0) is 130 Å². The Bertz CT molecular complexity index is 3680. The van der Waals surface area contributed by atoms with Crippen LogP contribution in [0.5, 0.6) is 0 Å². The molecule has 0 saturated carbocycles. The zero-order valence-electron chi connectivity index (χ0n) is 31.6. The summed E-state index contributed by atoms with van der Waals surface area (Å²) in [5.41, 5.74) is 9.19. The summed E-state index contributed by atoms with van der Waals surface area (Å²) in [5, 5.41) is 17.2. The number of aryl methyl sites for hydroxylation is 1. The lowest BCUT2D eigenvalue weighted by Crippen LogP contribution is -1.93. The van der Waals surface area contributed by atoms with E-state index in [1.54, 1.807) is 0 Å². The molecule has 1 aliphatic carbocycles. The number of allylic oxidation sites excluding steroid dienone is 1. The molecule has 2 heterocycles. The van der Waals surface area contributed by atoms with Crippen LogP contribution in [0.2, 0.25) is 0 Å². The van der Waals surface area contributed by atoms with Gasteiger partial charge in [-0.3, -0.25) is 0 Å². The van der Waals surface area contributed by atoms with Crippen molar-refractivity contribution in [3.8, 4) is 33.4 Å². The molecule has 0 amide bonds. The normalized spacial score (nSPS) is 13.0. The van der Waals surface area contributed by atoms with Crippen molar-refractivity contribution in [1.29, 1.82) is 0 Å². The predicted molar refractivity (Wildman–Crippen MR) is 256 cm³/mol. The van der Waals surface area contributed by atoms with Crippen LogP contribution in [0.1, 0.15) is 16.9 Å². The first-order valence-electron chi connectivity index (χ1n) is 20.2. The van der Waals surface area contributed by atoms with Gasteiger partial charge in [0.1, 0.15) is 0 Å². The van der Waals surface area contributed by atoms with Gasteiger partial charge in [0.2, 0.25) is 0 Å². The molecule has 10 aromatic carbocycles. The number of rotatable bonds is 3. The number of fused-ring (bicyclic) bond motifs is 13. The molecule has 13 rings (SSSR count). The van der Waals surface area contributed by atoms with Crippen LogP contribution in [0.15, 0.2) is 176 Å². The van der Waals surface area contributed by atoms with Gasteiger partial charge in [-0.15, -0.1) is 22.7 Å². The third-order valence-corrected chi connectivity index (χ3v) is 15.0. The van der Waals surface area contributed by atoms with Crippen LogP contribution in [0, 0.1) is 0 Å². The molecule has 0 aliphatic heterocycles. The van der Waals surface area contributed by atoms with Gasteiger partial charge in [0.15, 0.2) is 0 Å². The van der Waals surface area contributed by atoms with Gasteiger partial charge >= 0.3 is 0 Å². The van der Waals surface area contributed by atoms with E-state index >= 15 is 0 Å². The molecule has 2 aromatic heterocycles. The average Bonchev–Trinajstić information content (AvgIpc) is 3.86. The van der Waals surface area contributed by atoms with Gasteiger partial charge < -0.3 is 0 Å². The number of hydrogen-bond acceptors (Lipinski definition) is 2. The fourth-order valence-electron chi connectivity index (χ4n) is 10.2. The first kappa shape index (κ1) is 32.5. The Hall–Kier alpha value is -6.58. The van der Waals surface area contributed by atoms with E-state index in [0.29, 0.717) is 0 Å². The molecular formula is C56H34S2. The van der Waals surface area contributed by atoms with Gasteiger partial charge in [-0.25, -0.2) is 0 Å². The van der Waals surface area contributed by atoms with E-state index in [-0.39, 0.29) is 0 Å². The Morgan fingerprint density at radius 2 is 0.914 bits per heavy atom. The molecule has 0 bridgehead atoms. The molecular weight excluding hydrogens is 737 g/mol. The Morgan fingerprint density at radius 3 is 1.64 bits per heavy atom. The third kappa shape index (κ3) is 4.62. The number of hydrogen-bond donors (Lipinski definition) is 0. The lowest BCUT2D eigenvalue weighted by Gasteiger charge is -2.20. The molecule has 0 saturated heterocycles. The van der Waals surface area contributed by atoms with Gasteiger partial charge in [0, 0.05) is 35.1 Å². The highest BCUT2D eigenvalue weighted by atomic mass is 32.1. The molecule has 0 N–H and O–H groups in total. The molecule has 12 aromatic rings. The van der Waals surface area contributed by atoms with Gasteiger partial charge in [0.25, 0.3) is 0 Å². The second-order valence-corrected chi connectivity index (χ2v) is 17.9. The largest absolute Gasteiger partial charge is 0.136 e. The van der Waals surface area contributed by atoms with Crippen molar-refractivity contribution in [3.63, 3.8) is 0 Å². The second-order valence-electron chi connectivity index (χ2n) is 15.7. The van der Waals surface area contributed by atoms with Gasteiger partial charge in [-0.2, -0.15) is 0 Å². The molecule has 0 fully saturated rings. The van der Waals surface area contributed by atoms with Crippen molar-refractivity contribution < 1.29 is 0 Å². The molecule has 0 nitrogen and oxygen atoms in total. The van der Waals surface area contributed by atoms with E-state index in [2.05, 4.69) is 182 Å². The smallest absolute Gasteiger partial charge is 0.0361 e. The second kappa shape index (κ2) is 12.5. The summed E-state index contributed by atoms with van der Waals surface area (Å²) >= 11 is 3.86. The minimum atomic E-state index is 1.13. The summed E-state index contributed by atoms with van der Waals surface area (Å²) in [6, 6.07) is 64.0. The first-order valence-corrected chi connectivity index (χ1v) is 21.9. The molecule has 0 spiro atoms. The van der Waals surface area contributed by atoms with Crippen LogP contribution in [0.4, 0.5) is 0 Å². The monoisotopic (exact) mass is 770 g/mol. The maximum Gasteiger partial charge on any atom is 0.0361 e. The molecule has 0 atom stereocenters.